The molecule has 2 aromatic rings. The number of rotatable bonds is 2. The largest absolute Gasteiger partial charge is 0.497 e. The number of methoxy groups -OCH3 is 1. The molecule has 0 unspecified atom stereocenters. The lowest BCUT2D eigenvalue weighted by Crippen LogP contribution is -2.30. The van der Waals surface area contributed by atoms with Crippen LogP contribution >= 0.6 is 0 Å². The van der Waals surface area contributed by atoms with E-state index in [2.05, 4.69) is 34.9 Å². The molecule has 2 rings (SSSR count). The SMILES string of the molecule is COc1ccc2c(c1)ncn2[Si-](C)(C)C. The molecule has 0 aliphatic carbocycles. The minimum atomic E-state index is -1.36. The second-order valence-electron chi connectivity index (χ2n) is 4.64. The standard InChI is InChI=1S/C11H16N2OSi/c1-14-9-5-6-11-10(7-9)12-8-13(11)15(2,3)4/h5-8H,1-4H3/q-1. The highest BCUT2D eigenvalue weighted by molar-refractivity contribution is 6.75. The summed E-state index contributed by atoms with van der Waals surface area (Å²) in [7, 11) is 0.317. The Hall–Kier alpha value is -1.29. The number of benzene rings is 1. The summed E-state index contributed by atoms with van der Waals surface area (Å²) >= 11 is 0. The maximum absolute atomic E-state index is 5.18. The maximum Gasteiger partial charge on any atom is 0.121 e. The van der Waals surface area contributed by atoms with Crippen molar-refractivity contribution in [3.8, 4) is 5.75 Å². The van der Waals surface area contributed by atoms with Crippen LogP contribution in [-0.4, -0.2) is 24.6 Å². The molecule has 81 valence electrons. The van der Waals surface area contributed by atoms with Gasteiger partial charge in [-0.2, -0.15) is 19.6 Å². The van der Waals surface area contributed by atoms with Crippen molar-refractivity contribution in [1.82, 2.24) is 9.22 Å². The van der Waals surface area contributed by atoms with Gasteiger partial charge >= 0.3 is 0 Å². The quantitative estimate of drug-likeness (QED) is 0.728. The van der Waals surface area contributed by atoms with E-state index in [0.29, 0.717) is 0 Å². The van der Waals surface area contributed by atoms with E-state index in [9.17, 15) is 0 Å². The molecule has 1 aromatic heterocycles. The molecule has 0 fully saturated rings. The van der Waals surface area contributed by atoms with Gasteiger partial charge < -0.3 is 8.97 Å². The van der Waals surface area contributed by atoms with Crippen LogP contribution in [0.15, 0.2) is 24.5 Å². The van der Waals surface area contributed by atoms with Gasteiger partial charge in [0.05, 0.1) is 19.0 Å². The molecule has 0 atom stereocenters. The van der Waals surface area contributed by atoms with Crippen LogP contribution in [0.4, 0.5) is 0 Å². The topological polar surface area (TPSA) is 27.1 Å². The first-order chi connectivity index (χ1) is 7.02. The van der Waals surface area contributed by atoms with Crippen LogP contribution in [0.3, 0.4) is 0 Å². The molecule has 0 radical (unpaired) electrons. The van der Waals surface area contributed by atoms with Gasteiger partial charge in [0.25, 0.3) is 0 Å². The minimum Gasteiger partial charge on any atom is -0.497 e. The summed E-state index contributed by atoms with van der Waals surface area (Å²) in [5, 5.41) is 0. The lowest BCUT2D eigenvalue weighted by molar-refractivity contribution is 0.415. The van der Waals surface area contributed by atoms with Crippen molar-refractivity contribution in [2.45, 2.75) is 19.6 Å². The second-order valence-corrected chi connectivity index (χ2v) is 9.46. The fraction of sp³-hybridized carbons (Fsp3) is 0.364. The van der Waals surface area contributed by atoms with E-state index in [1.165, 1.54) is 5.52 Å². The van der Waals surface area contributed by atoms with Gasteiger partial charge in [0.1, 0.15) is 5.75 Å². The third kappa shape index (κ3) is 1.77. The zero-order chi connectivity index (χ0) is 11.1. The normalized spacial score (nSPS) is 12.0. The Bertz CT molecular complexity index is 485. The molecule has 0 N–H and O–H groups in total. The highest BCUT2D eigenvalue weighted by atomic mass is 28.3. The van der Waals surface area contributed by atoms with Crippen molar-refractivity contribution in [2.24, 2.45) is 0 Å². The van der Waals surface area contributed by atoms with Crippen LogP contribution in [0.2, 0.25) is 19.6 Å². The second kappa shape index (κ2) is 3.38. The van der Waals surface area contributed by atoms with Crippen molar-refractivity contribution < 1.29 is 4.74 Å². The van der Waals surface area contributed by atoms with Gasteiger partial charge in [-0.1, -0.05) is 0 Å². The highest BCUT2D eigenvalue weighted by Gasteiger charge is 2.08. The molecule has 1 aromatic carbocycles. The first-order valence-electron chi connectivity index (χ1n) is 5.04. The Morgan fingerprint density at radius 1 is 1.27 bits per heavy atom. The number of imidazole rings is 1. The van der Waals surface area contributed by atoms with Gasteiger partial charge in [0.2, 0.25) is 0 Å². The molecule has 3 nitrogen and oxygen atoms in total. The number of hydrogen-bond acceptors (Lipinski definition) is 2. The van der Waals surface area contributed by atoms with Crippen molar-refractivity contribution in [1.29, 1.82) is 0 Å². The van der Waals surface area contributed by atoms with E-state index >= 15 is 0 Å². The average molecular weight is 220 g/mol. The van der Waals surface area contributed by atoms with E-state index in [4.69, 9.17) is 4.74 Å². The fourth-order valence-electron chi connectivity index (χ4n) is 1.65. The van der Waals surface area contributed by atoms with Crippen molar-refractivity contribution in [3.63, 3.8) is 0 Å². The van der Waals surface area contributed by atoms with Crippen LogP contribution in [0.1, 0.15) is 0 Å². The molecule has 0 bridgehead atoms. The monoisotopic (exact) mass is 220 g/mol. The van der Waals surface area contributed by atoms with Gasteiger partial charge in [0.15, 0.2) is 0 Å². The lowest BCUT2D eigenvalue weighted by Gasteiger charge is -2.31. The Morgan fingerprint density at radius 2 is 2.00 bits per heavy atom. The molecular weight excluding hydrogens is 204 g/mol. The van der Waals surface area contributed by atoms with Gasteiger partial charge in [-0.15, -0.1) is 0 Å². The fourth-order valence-corrected chi connectivity index (χ4v) is 2.97. The Morgan fingerprint density at radius 3 is 2.60 bits per heavy atom. The van der Waals surface area contributed by atoms with Gasteiger partial charge in [-0.3, -0.25) is 0 Å². The van der Waals surface area contributed by atoms with E-state index in [-0.39, 0.29) is 0 Å². The summed E-state index contributed by atoms with van der Waals surface area (Å²) < 4.78 is 7.49. The molecule has 0 saturated carbocycles. The third-order valence-corrected chi connectivity index (χ3v) is 4.28. The zero-order valence-electron chi connectivity index (χ0n) is 9.61. The molecule has 0 amide bonds. The summed E-state index contributed by atoms with van der Waals surface area (Å²) in [6.45, 7) is 6.91. The minimum absolute atomic E-state index is 0.864. The first-order valence-corrected chi connectivity index (χ1v) is 8.48. The molecule has 1 heterocycles. The van der Waals surface area contributed by atoms with E-state index in [0.717, 1.165) is 11.3 Å². The predicted octanol–water partition coefficient (Wildman–Crippen LogP) is 2.73. The Balaban J connectivity index is 2.62. The van der Waals surface area contributed by atoms with Gasteiger partial charge in [-0.05, 0) is 20.4 Å². The maximum atomic E-state index is 5.18. The average Bonchev–Trinajstić information content (AvgIpc) is 2.59. The van der Waals surface area contributed by atoms with Crippen LogP contribution < -0.4 is 4.74 Å². The summed E-state index contributed by atoms with van der Waals surface area (Å²) in [6.07, 6.45) is 1.94. The Labute approximate surface area is 90.8 Å². The van der Waals surface area contributed by atoms with Crippen molar-refractivity contribution >= 4 is 19.3 Å². The van der Waals surface area contributed by atoms with Crippen molar-refractivity contribution in [3.05, 3.63) is 24.5 Å². The number of nitrogens with zero attached hydrogens (tertiary/aromatic N) is 2. The number of hydrogen-bond donors (Lipinski definition) is 0. The number of aromatic nitrogens is 2. The van der Waals surface area contributed by atoms with Crippen LogP contribution in [0.25, 0.3) is 11.0 Å². The smallest absolute Gasteiger partial charge is 0.121 e. The molecule has 0 saturated heterocycles. The van der Waals surface area contributed by atoms with Crippen molar-refractivity contribution in [2.75, 3.05) is 7.11 Å². The van der Waals surface area contributed by atoms with Crippen LogP contribution in [-0.2, 0) is 0 Å². The van der Waals surface area contributed by atoms with Crippen LogP contribution in [0, 0.1) is 0 Å². The lowest BCUT2D eigenvalue weighted by atomic mass is 10.3. The first kappa shape index (κ1) is 10.2. The summed E-state index contributed by atoms with van der Waals surface area (Å²) in [5.41, 5.74) is 2.21. The third-order valence-electron chi connectivity index (χ3n) is 2.48. The summed E-state index contributed by atoms with van der Waals surface area (Å²) in [5.74, 6) is 0.864. The van der Waals surface area contributed by atoms with Gasteiger partial charge in [0, 0.05) is 11.6 Å². The summed E-state index contributed by atoms with van der Waals surface area (Å²) in [6, 6.07) is 6.05. The number of ether oxygens (including phenoxy) is 1. The summed E-state index contributed by atoms with van der Waals surface area (Å²) in [4.78, 5) is 4.41. The van der Waals surface area contributed by atoms with E-state index in [1.54, 1.807) is 7.11 Å². The molecule has 0 spiro atoms. The molecule has 0 aliphatic rings. The van der Waals surface area contributed by atoms with Crippen LogP contribution in [0.5, 0.6) is 5.75 Å². The van der Waals surface area contributed by atoms with E-state index < -0.39 is 8.24 Å². The zero-order valence-corrected chi connectivity index (χ0v) is 10.6. The predicted molar refractivity (Wildman–Crippen MR) is 65.0 cm³/mol. The van der Waals surface area contributed by atoms with E-state index in [1.807, 2.05) is 18.5 Å². The molecule has 15 heavy (non-hydrogen) atoms. The van der Waals surface area contributed by atoms with Gasteiger partial charge in [-0.25, -0.2) is 4.98 Å². The molecular formula is C11H16N2OSi-. The molecule has 0 aliphatic heterocycles. The Kier molecular flexibility index (Phi) is 2.30. The highest BCUT2D eigenvalue weighted by Crippen LogP contribution is 2.22. The number of fused-ring (bicyclic) bond motifs is 1. The molecule has 4 heteroatoms.